The van der Waals surface area contributed by atoms with E-state index in [-0.39, 0.29) is 5.75 Å². The van der Waals surface area contributed by atoms with Crippen LogP contribution in [-0.4, -0.2) is 14.2 Å². The third-order valence-electron chi connectivity index (χ3n) is 2.78. The van der Waals surface area contributed by atoms with E-state index in [0.717, 1.165) is 5.56 Å². The minimum absolute atomic E-state index is 0.0407. The van der Waals surface area contributed by atoms with Gasteiger partial charge in [-0.1, -0.05) is 30.3 Å². The summed E-state index contributed by atoms with van der Waals surface area (Å²) in [6.07, 6.45) is 0.478. The number of aryl methyl sites for hydroxylation is 1. The molecule has 0 aliphatic carbocycles. The van der Waals surface area contributed by atoms with Gasteiger partial charge in [0, 0.05) is 15.8 Å². The van der Waals surface area contributed by atoms with Crippen molar-refractivity contribution in [3.05, 3.63) is 58.6 Å². The molecule has 6 heteroatoms. The molecule has 3 N–H and O–H groups in total. The SMILES string of the molecule is Nc1ccc(NS(=O)(=O)CCc2ccccc2)cc1Br. The number of nitrogen functional groups attached to an aromatic ring is 1. The summed E-state index contributed by atoms with van der Waals surface area (Å²) in [5.74, 6) is 0.0407. The number of rotatable bonds is 5. The molecule has 0 unspecified atom stereocenters. The van der Waals surface area contributed by atoms with E-state index in [2.05, 4.69) is 20.7 Å². The van der Waals surface area contributed by atoms with Crippen LogP contribution in [0.5, 0.6) is 0 Å². The maximum atomic E-state index is 12.0. The average Bonchev–Trinajstić information content (AvgIpc) is 2.42. The molecule has 106 valence electrons. The second-order valence-electron chi connectivity index (χ2n) is 4.39. The van der Waals surface area contributed by atoms with E-state index in [1.54, 1.807) is 18.2 Å². The summed E-state index contributed by atoms with van der Waals surface area (Å²) < 4.78 is 27.2. The zero-order valence-electron chi connectivity index (χ0n) is 10.7. The Morgan fingerprint density at radius 3 is 2.45 bits per heavy atom. The molecule has 20 heavy (non-hydrogen) atoms. The van der Waals surface area contributed by atoms with E-state index in [0.29, 0.717) is 22.3 Å². The van der Waals surface area contributed by atoms with E-state index >= 15 is 0 Å². The maximum Gasteiger partial charge on any atom is 0.233 e. The van der Waals surface area contributed by atoms with E-state index in [1.807, 2.05) is 30.3 Å². The van der Waals surface area contributed by atoms with Crippen LogP contribution in [0.2, 0.25) is 0 Å². The smallest absolute Gasteiger partial charge is 0.233 e. The predicted molar refractivity (Wildman–Crippen MR) is 86.1 cm³/mol. The molecule has 0 saturated carbocycles. The lowest BCUT2D eigenvalue weighted by atomic mass is 10.2. The highest BCUT2D eigenvalue weighted by molar-refractivity contribution is 9.10. The Balaban J connectivity index is 2.02. The number of anilines is 2. The largest absolute Gasteiger partial charge is 0.398 e. The van der Waals surface area contributed by atoms with Gasteiger partial charge in [-0.05, 0) is 46.1 Å². The Hall–Kier alpha value is -1.53. The molecule has 0 amide bonds. The van der Waals surface area contributed by atoms with E-state index < -0.39 is 10.0 Å². The van der Waals surface area contributed by atoms with Crippen LogP contribution in [0.25, 0.3) is 0 Å². The summed E-state index contributed by atoms with van der Waals surface area (Å²) in [5.41, 5.74) is 7.73. The standard InChI is InChI=1S/C14H15BrN2O2S/c15-13-10-12(6-7-14(13)16)17-20(18,19)9-8-11-4-2-1-3-5-11/h1-7,10,17H,8-9,16H2. The predicted octanol–water partition coefficient (Wildman–Crippen LogP) is 3.02. The van der Waals surface area contributed by atoms with Crippen molar-refractivity contribution in [2.75, 3.05) is 16.2 Å². The number of benzene rings is 2. The van der Waals surface area contributed by atoms with E-state index in [4.69, 9.17) is 5.73 Å². The molecule has 0 aromatic heterocycles. The highest BCUT2D eigenvalue weighted by Crippen LogP contribution is 2.23. The van der Waals surface area contributed by atoms with Gasteiger partial charge in [0.25, 0.3) is 0 Å². The maximum absolute atomic E-state index is 12.0. The molecule has 2 aromatic carbocycles. The van der Waals surface area contributed by atoms with Crippen LogP contribution in [0, 0.1) is 0 Å². The lowest BCUT2D eigenvalue weighted by molar-refractivity contribution is 0.600. The molecule has 0 radical (unpaired) electrons. The molecule has 0 spiro atoms. The van der Waals surface area contributed by atoms with Gasteiger partial charge in [-0.3, -0.25) is 4.72 Å². The monoisotopic (exact) mass is 354 g/mol. The number of hydrogen-bond donors (Lipinski definition) is 2. The number of sulfonamides is 1. The van der Waals surface area contributed by atoms with Gasteiger partial charge in [-0.25, -0.2) is 8.42 Å². The second kappa shape index (κ2) is 6.28. The first-order valence-electron chi connectivity index (χ1n) is 6.06. The molecule has 0 bridgehead atoms. The fourth-order valence-electron chi connectivity index (χ4n) is 1.72. The number of nitrogens with one attached hydrogen (secondary N) is 1. The lowest BCUT2D eigenvalue weighted by Gasteiger charge is -2.09. The second-order valence-corrected chi connectivity index (χ2v) is 7.09. The van der Waals surface area contributed by atoms with Crippen molar-refractivity contribution in [3.8, 4) is 0 Å². The van der Waals surface area contributed by atoms with Gasteiger partial charge in [0.1, 0.15) is 0 Å². The first kappa shape index (κ1) is 14.9. The van der Waals surface area contributed by atoms with Crippen molar-refractivity contribution >= 4 is 37.3 Å². The van der Waals surface area contributed by atoms with Crippen LogP contribution in [0.15, 0.2) is 53.0 Å². The average molecular weight is 355 g/mol. The number of hydrogen-bond acceptors (Lipinski definition) is 3. The van der Waals surface area contributed by atoms with Crippen molar-refractivity contribution in [1.29, 1.82) is 0 Å². The quantitative estimate of drug-likeness (QED) is 0.810. The highest BCUT2D eigenvalue weighted by atomic mass is 79.9. The first-order chi connectivity index (χ1) is 9.46. The minimum atomic E-state index is -3.37. The molecule has 0 saturated heterocycles. The van der Waals surface area contributed by atoms with Crippen LogP contribution in [0.3, 0.4) is 0 Å². The van der Waals surface area contributed by atoms with Crippen molar-refractivity contribution in [1.82, 2.24) is 0 Å². The highest BCUT2D eigenvalue weighted by Gasteiger charge is 2.11. The third kappa shape index (κ3) is 4.25. The third-order valence-corrected chi connectivity index (χ3v) is 4.75. The van der Waals surface area contributed by atoms with Crippen molar-refractivity contribution < 1.29 is 8.42 Å². The normalized spacial score (nSPS) is 11.2. The van der Waals surface area contributed by atoms with Gasteiger partial charge in [0.05, 0.1) is 5.75 Å². The topological polar surface area (TPSA) is 72.2 Å². The molecule has 0 fully saturated rings. The number of halogens is 1. The zero-order chi connectivity index (χ0) is 14.6. The number of nitrogens with two attached hydrogens (primary N) is 1. The Bertz CT molecular complexity index is 688. The van der Waals surface area contributed by atoms with Gasteiger partial charge in [0.15, 0.2) is 0 Å². The van der Waals surface area contributed by atoms with Crippen molar-refractivity contribution in [2.24, 2.45) is 0 Å². The molecule has 2 aromatic rings. The van der Waals surface area contributed by atoms with Gasteiger partial charge in [-0.15, -0.1) is 0 Å². The molecule has 2 rings (SSSR count). The summed E-state index contributed by atoms with van der Waals surface area (Å²) in [7, 11) is -3.37. The van der Waals surface area contributed by atoms with Crippen LogP contribution in [0.1, 0.15) is 5.56 Å². The van der Waals surface area contributed by atoms with Gasteiger partial charge < -0.3 is 5.73 Å². The van der Waals surface area contributed by atoms with Crippen molar-refractivity contribution in [3.63, 3.8) is 0 Å². The van der Waals surface area contributed by atoms with Crippen LogP contribution < -0.4 is 10.5 Å². The fourth-order valence-corrected chi connectivity index (χ4v) is 3.19. The van der Waals surface area contributed by atoms with Gasteiger partial charge in [-0.2, -0.15) is 0 Å². The Labute approximate surface area is 127 Å². The molecule has 0 aliphatic heterocycles. The van der Waals surface area contributed by atoms with Gasteiger partial charge in [0.2, 0.25) is 10.0 Å². The Morgan fingerprint density at radius 2 is 1.80 bits per heavy atom. The summed E-state index contributed by atoms with van der Waals surface area (Å²) in [6, 6.07) is 14.5. The van der Waals surface area contributed by atoms with Crippen molar-refractivity contribution in [2.45, 2.75) is 6.42 Å². The minimum Gasteiger partial charge on any atom is -0.398 e. The fraction of sp³-hybridized carbons (Fsp3) is 0.143. The zero-order valence-corrected chi connectivity index (χ0v) is 13.1. The summed E-state index contributed by atoms with van der Waals surface area (Å²) >= 11 is 3.27. The molecule has 0 atom stereocenters. The summed E-state index contributed by atoms with van der Waals surface area (Å²) in [5, 5.41) is 0. The first-order valence-corrected chi connectivity index (χ1v) is 8.50. The molecule has 0 aliphatic rings. The Kier molecular flexibility index (Phi) is 4.67. The van der Waals surface area contributed by atoms with Crippen LogP contribution >= 0.6 is 15.9 Å². The van der Waals surface area contributed by atoms with E-state index in [9.17, 15) is 8.42 Å². The summed E-state index contributed by atoms with van der Waals surface area (Å²) in [4.78, 5) is 0. The molecular formula is C14H15BrN2O2S. The lowest BCUT2D eigenvalue weighted by Crippen LogP contribution is -2.18. The molecular weight excluding hydrogens is 340 g/mol. The van der Waals surface area contributed by atoms with Gasteiger partial charge >= 0.3 is 0 Å². The Morgan fingerprint density at radius 1 is 1.10 bits per heavy atom. The molecule has 0 heterocycles. The van der Waals surface area contributed by atoms with Crippen LogP contribution in [-0.2, 0) is 16.4 Å². The molecule has 4 nitrogen and oxygen atoms in total. The summed E-state index contributed by atoms with van der Waals surface area (Å²) in [6.45, 7) is 0. The van der Waals surface area contributed by atoms with Crippen LogP contribution in [0.4, 0.5) is 11.4 Å². The van der Waals surface area contributed by atoms with E-state index in [1.165, 1.54) is 0 Å².